The van der Waals surface area contributed by atoms with Crippen LogP contribution in [0.15, 0.2) is 36.4 Å². The molecule has 0 radical (unpaired) electrons. The Morgan fingerprint density at radius 1 is 1.39 bits per heavy atom. The van der Waals surface area contributed by atoms with Gasteiger partial charge in [-0.1, -0.05) is 29.8 Å². The van der Waals surface area contributed by atoms with Crippen molar-refractivity contribution < 1.29 is 29.6 Å². The minimum absolute atomic E-state index is 0.0153. The van der Waals surface area contributed by atoms with Crippen molar-refractivity contribution in [3.63, 3.8) is 0 Å². The van der Waals surface area contributed by atoms with Crippen molar-refractivity contribution in [3.05, 3.63) is 41.4 Å². The van der Waals surface area contributed by atoms with E-state index in [0.717, 1.165) is 12.8 Å². The summed E-state index contributed by atoms with van der Waals surface area (Å²) in [5.74, 6) is -0.190. The van der Waals surface area contributed by atoms with E-state index in [1.54, 1.807) is 30.3 Å². The molecule has 6 nitrogen and oxygen atoms in total. The molecule has 1 aliphatic heterocycles. The van der Waals surface area contributed by atoms with Gasteiger partial charge in [-0.05, 0) is 42.9 Å². The summed E-state index contributed by atoms with van der Waals surface area (Å²) in [6.07, 6.45) is 4.33. The van der Waals surface area contributed by atoms with E-state index < -0.39 is 18.2 Å². The summed E-state index contributed by atoms with van der Waals surface area (Å²) in [4.78, 5) is 10.9. The molecule has 154 valence electrons. The van der Waals surface area contributed by atoms with Crippen LogP contribution in [0.3, 0.4) is 0 Å². The van der Waals surface area contributed by atoms with E-state index in [1.165, 1.54) is 0 Å². The fourth-order valence-electron chi connectivity index (χ4n) is 4.17. The molecule has 28 heavy (non-hydrogen) atoms. The maximum Gasteiger partial charge on any atom is 0.303 e. The zero-order chi connectivity index (χ0) is 20.1. The molecule has 0 amide bonds. The molecule has 0 unspecified atom stereocenters. The summed E-state index contributed by atoms with van der Waals surface area (Å²) in [7, 11) is 0. The molecule has 0 bridgehead atoms. The number of halogens is 1. The van der Waals surface area contributed by atoms with Crippen LogP contribution in [0.2, 0.25) is 5.02 Å². The van der Waals surface area contributed by atoms with Gasteiger partial charge in [0.2, 0.25) is 0 Å². The average Bonchev–Trinajstić information content (AvgIpc) is 2.81. The average molecular weight is 411 g/mol. The molecule has 0 spiro atoms. The molecule has 1 saturated carbocycles. The minimum Gasteiger partial charge on any atom is -0.491 e. The molecule has 7 heteroatoms. The molecule has 2 aliphatic rings. The number of rotatable bonds is 7. The van der Waals surface area contributed by atoms with Gasteiger partial charge in [-0.15, -0.1) is 0 Å². The van der Waals surface area contributed by atoms with Crippen molar-refractivity contribution in [3.8, 4) is 5.75 Å². The van der Waals surface area contributed by atoms with Crippen LogP contribution in [0.4, 0.5) is 0 Å². The Balaban J connectivity index is 1.54. The third-order valence-electron chi connectivity index (χ3n) is 5.58. The SMILES string of the molecule is O=C(O)C[C@H]1CC[C@@H]2[C@@H](C=C[C@@H](O)COc3cccc(Cl)c3)[C@H](O)C[C@@H]2OC1. The van der Waals surface area contributed by atoms with E-state index in [2.05, 4.69) is 0 Å². The second-order valence-corrected chi connectivity index (χ2v) is 8.11. The van der Waals surface area contributed by atoms with Gasteiger partial charge in [-0.3, -0.25) is 4.79 Å². The van der Waals surface area contributed by atoms with Gasteiger partial charge in [-0.25, -0.2) is 0 Å². The zero-order valence-electron chi connectivity index (χ0n) is 15.6. The molecule has 1 aromatic rings. The van der Waals surface area contributed by atoms with E-state index >= 15 is 0 Å². The number of carboxylic acids is 1. The minimum atomic E-state index is -0.809. The highest BCUT2D eigenvalue weighted by molar-refractivity contribution is 6.30. The Morgan fingerprint density at radius 2 is 2.21 bits per heavy atom. The first kappa shape index (κ1) is 21.1. The van der Waals surface area contributed by atoms with Crippen LogP contribution < -0.4 is 4.74 Å². The van der Waals surface area contributed by atoms with Crippen LogP contribution in [0.25, 0.3) is 0 Å². The summed E-state index contributed by atoms with van der Waals surface area (Å²) >= 11 is 5.91. The lowest BCUT2D eigenvalue weighted by atomic mass is 9.86. The van der Waals surface area contributed by atoms with Gasteiger partial charge in [0.25, 0.3) is 0 Å². The monoisotopic (exact) mass is 410 g/mol. The number of aliphatic hydroxyl groups is 2. The standard InChI is InChI=1S/C21H27ClO6/c22-14-2-1-3-16(9-14)27-12-15(23)5-7-17-18-6-4-13(8-21(25)26)11-28-20(18)10-19(17)24/h1-3,5,7,9,13,15,17-20,23-24H,4,6,8,10-12H2,(H,25,26)/t13-,15-,17-,18-,19-,20+/m1/s1. The van der Waals surface area contributed by atoms with E-state index in [-0.39, 0.29) is 36.9 Å². The summed E-state index contributed by atoms with van der Waals surface area (Å²) in [5.41, 5.74) is 0. The molecule has 0 aromatic heterocycles. The molecule has 1 saturated heterocycles. The normalized spacial score (nSPS) is 31.3. The summed E-state index contributed by atoms with van der Waals surface area (Å²) < 4.78 is 11.4. The van der Waals surface area contributed by atoms with Crippen molar-refractivity contribution in [1.82, 2.24) is 0 Å². The lowest BCUT2D eigenvalue weighted by molar-refractivity contribution is -0.138. The first-order valence-corrected chi connectivity index (χ1v) is 10.1. The Morgan fingerprint density at radius 3 is 2.96 bits per heavy atom. The number of ether oxygens (including phenoxy) is 2. The highest BCUT2D eigenvalue weighted by Crippen LogP contribution is 2.41. The van der Waals surface area contributed by atoms with Crippen LogP contribution in [0, 0.1) is 17.8 Å². The smallest absolute Gasteiger partial charge is 0.303 e. The van der Waals surface area contributed by atoms with E-state index in [0.29, 0.717) is 23.8 Å². The Hall–Kier alpha value is -1.60. The van der Waals surface area contributed by atoms with Crippen molar-refractivity contribution in [2.24, 2.45) is 17.8 Å². The summed E-state index contributed by atoms with van der Waals surface area (Å²) in [6, 6.07) is 6.97. The number of hydrogen-bond donors (Lipinski definition) is 3. The molecular formula is C21H27ClO6. The van der Waals surface area contributed by atoms with Gasteiger partial charge in [0.1, 0.15) is 18.5 Å². The Bertz CT molecular complexity index is 693. The van der Waals surface area contributed by atoms with Crippen molar-refractivity contribution in [2.45, 2.75) is 44.0 Å². The molecule has 1 heterocycles. The number of carboxylic acid groups (broad SMARTS) is 1. The molecule has 1 aliphatic carbocycles. The van der Waals surface area contributed by atoms with Gasteiger partial charge in [0.15, 0.2) is 0 Å². The number of benzene rings is 1. The predicted octanol–water partition coefficient (Wildman–Crippen LogP) is 2.90. The lowest BCUT2D eigenvalue weighted by Crippen LogP contribution is -2.22. The van der Waals surface area contributed by atoms with E-state index in [9.17, 15) is 15.0 Å². The van der Waals surface area contributed by atoms with Crippen molar-refractivity contribution in [1.29, 1.82) is 0 Å². The van der Waals surface area contributed by atoms with Gasteiger partial charge in [0.05, 0.1) is 25.2 Å². The maximum atomic E-state index is 10.9. The number of hydrogen-bond acceptors (Lipinski definition) is 5. The van der Waals surface area contributed by atoms with E-state index in [1.807, 2.05) is 6.08 Å². The highest BCUT2D eigenvalue weighted by atomic mass is 35.5. The highest BCUT2D eigenvalue weighted by Gasteiger charge is 2.43. The fourth-order valence-corrected chi connectivity index (χ4v) is 4.35. The second kappa shape index (κ2) is 9.74. The number of aliphatic hydroxyl groups excluding tert-OH is 2. The zero-order valence-corrected chi connectivity index (χ0v) is 16.4. The first-order valence-electron chi connectivity index (χ1n) is 9.68. The first-order chi connectivity index (χ1) is 13.4. The topological polar surface area (TPSA) is 96.2 Å². The predicted molar refractivity (Wildman–Crippen MR) is 104 cm³/mol. The lowest BCUT2D eigenvalue weighted by Gasteiger charge is -2.21. The van der Waals surface area contributed by atoms with Crippen LogP contribution in [0.5, 0.6) is 5.75 Å². The molecule has 3 N–H and O–H groups in total. The molecule has 6 atom stereocenters. The van der Waals surface area contributed by atoms with Crippen LogP contribution in [-0.2, 0) is 9.53 Å². The fraction of sp³-hybridized carbons (Fsp3) is 0.571. The van der Waals surface area contributed by atoms with Crippen molar-refractivity contribution >= 4 is 17.6 Å². The summed E-state index contributed by atoms with van der Waals surface area (Å²) in [5, 5.41) is 30.2. The van der Waals surface area contributed by atoms with Gasteiger partial charge < -0.3 is 24.8 Å². The van der Waals surface area contributed by atoms with Crippen LogP contribution >= 0.6 is 11.6 Å². The van der Waals surface area contributed by atoms with Gasteiger partial charge in [0, 0.05) is 17.4 Å². The van der Waals surface area contributed by atoms with Crippen molar-refractivity contribution in [2.75, 3.05) is 13.2 Å². The van der Waals surface area contributed by atoms with Gasteiger partial charge >= 0.3 is 5.97 Å². The third-order valence-corrected chi connectivity index (χ3v) is 5.81. The third kappa shape index (κ3) is 5.70. The van der Waals surface area contributed by atoms with Crippen LogP contribution in [0.1, 0.15) is 25.7 Å². The molecule has 1 aromatic carbocycles. The van der Waals surface area contributed by atoms with Gasteiger partial charge in [-0.2, -0.15) is 0 Å². The molecular weight excluding hydrogens is 384 g/mol. The quantitative estimate of drug-likeness (QED) is 0.598. The van der Waals surface area contributed by atoms with E-state index in [4.69, 9.17) is 26.2 Å². The number of aliphatic carboxylic acids is 1. The molecule has 3 rings (SSSR count). The maximum absolute atomic E-state index is 10.9. The van der Waals surface area contributed by atoms with Crippen LogP contribution in [-0.4, -0.2) is 52.8 Å². The Kier molecular flexibility index (Phi) is 7.35. The molecule has 2 fully saturated rings. The number of carbonyl (C=O) groups is 1. The second-order valence-electron chi connectivity index (χ2n) is 7.68. The number of fused-ring (bicyclic) bond motifs is 1. The largest absolute Gasteiger partial charge is 0.491 e. The summed E-state index contributed by atoms with van der Waals surface area (Å²) in [6.45, 7) is 0.512. The Labute approximate surface area is 169 Å².